The van der Waals surface area contributed by atoms with E-state index >= 15 is 0 Å². The number of hydrogen-bond acceptors (Lipinski definition) is 14. The minimum Gasteiger partial charge on any atom is -0.507 e. The smallest absolute Gasteiger partial charge is 0.507 e. The minimum absolute atomic E-state index is 0.0224. The summed E-state index contributed by atoms with van der Waals surface area (Å²) in [4.78, 5) is 46.9. The number of aromatic carboxylic acids is 1. The number of aliphatic carboxylic acids is 1. The molecule has 4 N–H and O–H groups in total. The predicted octanol–water partition coefficient (Wildman–Crippen LogP) is 13.1. The van der Waals surface area contributed by atoms with Gasteiger partial charge in [0, 0.05) is 21.5 Å². The van der Waals surface area contributed by atoms with Crippen LogP contribution in [0.2, 0.25) is 0 Å². The first kappa shape index (κ1) is 52.0. The van der Waals surface area contributed by atoms with Crippen LogP contribution in [0.4, 0.5) is 9.59 Å². The third-order valence-electron chi connectivity index (χ3n) is 6.74. The van der Waals surface area contributed by atoms with Gasteiger partial charge in [0.2, 0.25) is 0 Å². The number of allylic oxidation sites excluding steroid dienone is 4. The van der Waals surface area contributed by atoms with Crippen molar-refractivity contribution >= 4 is 100 Å². The molecule has 1 unspecified atom stereocenters. The zero-order valence-corrected chi connectivity index (χ0v) is 38.1. The van der Waals surface area contributed by atoms with Crippen molar-refractivity contribution in [2.45, 2.75) is 41.5 Å². The zero-order chi connectivity index (χ0) is 44.3. The average molecular weight is 916 g/mol. The highest BCUT2D eigenvalue weighted by Gasteiger charge is 2.18. The molecule has 17 heteroatoms. The summed E-state index contributed by atoms with van der Waals surface area (Å²) in [5, 5.41) is 29.0. The summed E-state index contributed by atoms with van der Waals surface area (Å²) < 4.78 is 17.7. The van der Waals surface area contributed by atoms with E-state index in [1.165, 1.54) is 52.9 Å². The summed E-state index contributed by atoms with van der Waals surface area (Å²) in [7, 11) is 7.72. The van der Waals surface area contributed by atoms with Crippen LogP contribution in [0.5, 0.6) is 17.2 Å². The monoisotopic (exact) mass is 915 g/mol. The predicted molar refractivity (Wildman–Crippen MR) is 249 cm³/mol. The van der Waals surface area contributed by atoms with E-state index in [-0.39, 0.29) is 34.3 Å². The van der Waals surface area contributed by atoms with Crippen LogP contribution in [-0.2, 0) is 9.53 Å². The molecular weight excluding hydrogens is 871 g/mol. The molecule has 3 aromatic carbocycles. The lowest BCUT2D eigenvalue weighted by atomic mass is 10.1. The fourth-order valence-corrected chi connectivity index (χ4v) is 8.32. The molecule has 1 amide bonds. The molecule has 0 radical (unpaired) electrons. The molecule has 1 aliphatic carbocycles. The second-order valence-corrected chi connectivity index (χ2v) is 16.1. The van der Waals surface area contributed by atoms with Crippen LogP contribution in [0.3, 0.4) is 0 Å². The second kappa shape index (κ2) is 29.2. The first-order chi connectivity index (χ1) is 28.3. The van der Waals surface area contributed by atoms with E-state index in [0.717, 1.165) is 24.7 Å². The molecule has 1 atom stereocenters. The molecule has 0 saturated heterocycles. The Morgan fingerprint density at radius 1 is 0.814 bits per heavy atom. The van der Waals surface area contributed by atoms with Crippen molar-refractivity contribution in [1.82, 2.24) is 5.32 Å². The number of nitrogens with one attached hydrogen (secondary N) is 1. The van der Waals surface area contributed by atoms with Crippen LogP contribution >= 0.6 is 66.7 Å². The van der Waals surface area contributed by atoms with Gasteiger partial charge in [0.25, 0.3) is 0 Å². The van der Waals surface area contributed by atoms with Gasteiger partial charge in [-0.15, -0.1) is 0 Å². The largest absolute Gasteiger partial charge is 0.519 e. The molecule has 1 heterocycles. The summed E-state index contributed by atoms with van der Waals surface area (Å²) in [5.41, 5.74) is 1.85. The van der Waals surface area contributed by atoms with Gasteiger partial charge in [0.05, 0.1) is 0 Å². The van der Waals surface area contributed by atoms with Crippen molar-refractivity contribution in [3.05, 3.63) is 136 Å². The SMILES string of the molecule is C/C=C(\SSC=S)c1ccc(OC(=O)OC2=C(C(=O)O)C=CC(C)C=C2)cc1.CC.CC.CNC(=O)Oc1ccc(-c2cc(=S)ss2)cc1.O=C(O)c1ccccc1O. The van der Waals surface area contributed by atoms with Crippen LogP contribution in [0.1, 0.15) is 57.5 Å². The molecule has 1 aliphatic rings. The van der Waals surface area contributed by atoms with Crippen molar-refractivity contribution < 1.29 is 48.7 Å². The maximum Gasteiger partial charge on any atom is 0.519 e. The van der Waals surface area contributed by atoms with Gasteiger partial charge in [-0.1, -0.05) is 133 Å². The first-order valence-corrected chi connectivity index (χ1v) is 23.0. The summed E-state index contributed by atoms with van der Waals surface area (Å²) in [6.07, 6.45) is 6.81. The maximum absolute atomic E-state index is 12.1. The van der Waals surface area contributed by atoms with Gasteiger partial charge in [-0.2, -0.15) is 0 Å². The van der Waals surface area contributed by atoms with E-state index in [1.807, 2.05) is 78.0 Å². The molecule has 0 aliphatic heterocycles. The van der Waals surface area contributed by atoms with Crippen molar-refractivity contribution in [2.75, 3.05) is 7.05 Å². The standard InChI is InChI=1S/C20H18O5S3.C11H9NO2S3.C7H6O3.2C2H6/c1-3-18(28-27-12-26)14-6-8-15(9-7-14)24-20(23)25-17-11-5-13(2)4-10-16(17)19(21)22;1-12-11(13)14-8-4-2-7(3-5-8)9-6-10(15)17-16-9;8-6-4-2-1-3-5(6)7(9)10;2*1-2/h3-13H,1-2H3,(H,21,22);2-6H,1H3,(H,12,13);1-4,8H,(H,9,10);2*1-2H3/b18-3-;;;;. The van der Waals surface area contributed by atoms with Gasteiger partial charge in [0.1, 0.15) is 38.0 Å². The molecule has 4 aromatic rings. The van der Waals surface area contributed by atoms with Crippen molar-refractivity contribution in [1.29, 1.82) is 0 Å². The second-order valence-electron chi connectivity index (χ2n) is 10.5. The fourth-order valence-electron chi connectivity index (χ4n) is 4.09. The number of carboxylic acids is 2. The van der Waals surface area contributed by atoms with Crippen molar-refractivity contribution in [3.8, 4) is 27.7 Å². The van der Waals surface area contributed by atoms with E-state index in [9.17, 15) is 24.3 Å². The van der Waals surface area contributed by atoms with Crippen LogP contribution in [-0.4, -0.2) is 51.3 Å². The number of ether oxygens (including phenoxy) is 3. The van der Waals surface area contributed by atoms with E-state index in [0.29, 0.717) is 5.75 Å². The minimum atomic E-state index is -1.19. The van der Waals surface area contributed by atoms with E-state index in [1.54, 1.807) is 73.9 Å². The van der Waals surface area contributed by atoms with Crippen LogP contribution < -0.4 is 14.8 Å². The lowest BCUT2D eigenvalue weighted by Gasteiger charge is -2.09. The van der Waals surface area contributed by atoms with Gasteiger partial charge in [-0.25, -0.2) is 19.2 Å². The van der Waals surface area contributed by atoms with Gasteiger partial charge in [-0.05, 0) is 102 Å². The van der Waals surface area contributed by atoms with Crippen LogP contribution in [0.15, 0.2) is 121 Å². The number of carboxylic acid groups (broad SMARTS) is 2. The number of amides is 1. The Labute approximate surface area is 369 Å². The Kier molecular flexibility index (Phi) is 25.7. The third kappa shape index (κ3) is 19.1. The Balaban J connectivity index is 0.000000473. The topological polar surface area (TPSA) is 169 Å². The lowest BCUT2D eigenvalue weighted by Crippen LogP contribution is -2.21. The summed E-state index contributed by atoms with van der Waals surface area (Å²) in [5.74, 6) is -1.74. The Bertz CT molecular complexity index is 2150. The van der Waals surface area contributed by atoms with Gasteiger partial charge < -0.3 is 34.8 Å². The van der Waals surface area contributed by atoms with E-state index < -0.39 is 24.2 Å². The molecule has 0 spiro atoms. The molecule has 0 bridgehead atoms. The van der Waals surface area contributed by atoms with E-state index in [4.69, 9.17) is 48.9 Å². The van der Waals surface area contributed by atoms with Crippen molar-refractivity contribution in [2.24, 2.45) is 5.92 Å². The van der Waals surface area contributed by atoms with Gasteiger partial charge >= 0.3 is 24.2 Å². The summed E-state index contributed by atoms with van der Waals surface area (Å²) in [6.45, 7) is 11.8. The fraction of sp³-hybridized carbons (Fsp3) is 0.190. The maximum atomic E-state index is 12.1. The van der Waals surface area contributed by atoms with Crippen molar-refractivity contribution in [3.63, 3.8) is 0 Å². The normalized spacial score (nSPS) is 12.5. The number of hydrogen-bond donors (Lipinski definition) is 4. The number of phenols is 1. The number of rotatable bonds is 10. The lowest BCUT2D eigenvalue weighted by molar-refractivity contribution is -0.132. The quantitative estimate of drug-likeness (QED) is 0.0513. The molecule has 0 fully saturated rings. The Morgan fingerprint density at radius 3 is 1.92 bits per heavy atom. The molecule has 314 valence electrons. The Hall–Kier alpha value is -5.04. The van der Waals surface area contributed by atoms with Crippen LogP contribution in [0.25, 0.3) is 15.3 Å². The summed E-state index contributed by atoms with van der Waals surface area (Å²) >= 11 is 9.89. The molecule has 1 aromatic heterocycles. The molecule has 59 heavy (non-hydrogen) atoms. The number of carbonyl (C=O) groups is 4. The van der Waals surface area contributed by atoms with Crippen LogP contribution in [0, 0.1) is 9.74 Å². The molecular formula is C42H45NO10S6. The first-order valence-electron chi connectivity index (χ1n) is 17.7. The molecule has 0 saturated carbocycles. The van der Waals surface area contributed by atoms with E-state index in [2.05, 4.69) is 5.32 Å². The number of thiocarbonyl (C=S) groups is 1. The molecule has 11 nitrogen and oxygen atoms in total. The highest BCUT2D eigenvalue weighted by atomic mass is 33.1. The molecule has 5 rings (SSSR count). The highest BCUT2D eigenvalue weighted by molar-refractivity contribution is 8.85. The highest BCUT2D eigenvalue weighted by Crippen LogP contribution is 2.36. The number of aromatic hydroxyl groups is 1. The Morgan fingerprint density at radius 2 is 1.41 bits per heavy atom. The average Bonchev–Trinajstić information content (AvgIpc) is 3.59. The van der Waals surface area contributed by atoms with Gasteiger partial charge in [0.15, 0.2) is 0 Å². The summed E-state index contributed by atoms with van der Waals surface area (Å²) in [6, 6.07) is 22.0. The van der Waals surface area contributed by atoms with Gasteiger partial charge in [-0.3, -0.25) is 0 Å². The zero-order valence-electron chi connectivity index (χ0n) is 33.2. The number of carbonyl (C=O) groups excluding carboxylic acids is 2. The number of para-hydroxylation sites is 1. The third-order valence-corrected chi connectivity index (χ3v) is 12.2. The number of benzene rings is 3.